The van der Waals surface area contributed by atoms with E-state index in [4.69, 9.17) is 6.42 Å². The van der Waals surface area contributed by atoms with E-state index in [2.05, 4.69) is 57.5 Å². The topological polar surface area (TPSA) is 69.6 Å². The first-order valence-electron chi connectivity index (χ1n) is 8.80. The molecule has 0 aromatic heterocycles. The molecule has 0 heterocycles. The van der Waals surface area contributed by atoms with Gasteiger partial charge in [-0.1, -0.05) is 41.8 Å². The molecule has 0 aliphatic carbocycles. The average molecular weight is 418 g/mol. The summed E-state index contributed by atoms with van der Waals surface area (Å²) in [4.78, 5) is 0. The fraction of sp³-hybridized carbons (Fsp3) is 0.391. The minimum absolute atomic E-state index is 0. The third kappa shape index (κ3) is 26.3. The van der Waals surface area contributed by atoms with E-state index in [-0.39, 0.29) is 29.6 Å². The first kappa shape index (κ1) is 29.5. The van der Waals surface area contributed by atoms with Gasteiger partial charge in [-0.05, 0) is 67.9 Å². The Morgan fingerprint density at radius 1 is 1.00 bits per heavy atom. The van der Waals surface area contributed by atoms with Crippen molar-refractivity contribution in [3.63, 3.8) is 0 Å². The summed E-state index contributed by atoms with van der Waals surface area (Å²) in [6.45, 7) is -0.401. The van der Waals surface area contributed by atoms with Crippen LogP contribution in [0.4, 0.5) is 0 Å². The molecule has 0 aliphatic heterocycles. The molecule has 0 spiro atoms. The van der Waals surface area contributed by atoms with E-state index in [1.165, 1.54) is 0 Å². The van der Waals surface area contributed by atoms with Crippen molar-refractivity contribution in [1.82, 2.24) is 0 Å². The van der Waals surface area contributed by atoms with Crippen LogP contribution in [0.25, 0.3) is 0 Å². The fourth-order valence-electron chi connectivity index (χ4n) is 1.66. The van der Waals surface area contributed by atoms with Crippen LogP contribution < -0.4 is 29.6 Å². The van der Waals surface area contributed by atoms with E-state index in [0.717, 1.165) is 32.1 Å². The predicted octanol–water partition coefficient (Wildman–Crippen LogP) is -0.348. The van der Waals surface area contributed by atoms with Crippen LogP contribution in [-0.2, 0) is 15.5 Å². The van der Waals surface area contributed by atoms with Gasteiger partial charge in [-0.25, -0.2) is 4.21 Å². The van der Waals surface area contributed by atoms with Gasteiger partial charge >= 0.3 is 29.6 Å². The number of aliphatic hydroxyl groups is 1. The zero-order valence-corrected chi connectivity index (χ0v) is 19.5. The largest absolute Gasteiger partial charge is 1.00 e. The van der Waals surface area contributed by atoms with Gasteiger partial charge in [-0.3, -0.25) is 4.18 Å². The van der Waals surface area contributed by atoms with Crippen LogP contribution in [0, 0.1) is 59.7 Å². The minimum Gasteiger partial charge on any atom is -0.750 e. The van der Waals surface area contributed by atoms with Crippen molar-refractivity contribution in [2.75, 3.05) is 6.61 Å². The summed E-state index contributed by atoms with van der Waals surface area (Å²) in [5, 5.41) is 9.26. The van der Waals surface area contributed by atoms with Crippen LogP contribution in [-0.4, -0.2) is 26.6 Å². The molecular weight excluding hydrogens is 395 g/mol. The first-order valence-corrected chi connectivity index (χ1v) is 9.80. The van der Waals surface area contributed by atoms with E-state index in [0.29, 0.717) is 12.8 Å². The second-order valence-corrected chi connectivity index (χ2v) is 5.90. The summed E-state index contributed by atoms with van der Waals surface area (Å²) in [5.41, 5.74) is 0. The Morgan fingerprint density at radius 3 is 2.24 bits per heavy atom. The van der Waals surface area contributed by atoms with Gasteiger partial charge in [-0.15, -0.1) is 6.42 Å². The van der Waals surface area contributed by atoms with Crippen molar-refractivity contribution in [2.24, 2.45) is 0 Å². The number of terminal acetylenes is 1. The molecule has 1 N–H and O–H groups in total. The summed E-state index contributed by atoms with van der Waals surface area (Å²) in [6, 6.07) is 0. The van der Waals surface area contributed by atoms with Gasteiger partial charge in [0.1, 0.15) is 12.7 Å². The Kier molecular flexibility index (Phi) is 24.8. The van der Waals surface area contributed by atoms with Crippen molar-refractivity contribution >= 4 is 11.4 Å². The SMILES string of the molecule is C#C/C=C\CCCC/C=C\C#CC#CCCCC#CC#C[C@@H](O)COS(=O)[O-].[Na+]. The quantitative estimate of drug-likeness (QED) is 0.228. The average Bonchev–Trinajstić information content (AvgIpc) is 2.68. The zero-order chi connectivity index (χ0) is 20.7. The van der Waals surface area contributed by atoms with Crippen molar-refractivity contribution in [3.05, 3.63) is 24.3 Å². The zero-order valence-electron chi connectivity index (χ0n) is 16.7. The van der Waals surface area contributed by atoms with Gasteiger partial charge < -0.3 is 9.66 Å². The molecule has 0 bridgehead atoms. The normalized spacial score (nSPS) is 11.2. The fourth-order valence-corrected chi connectivity index (χ4v) is 1.90. The van der Waals surface area contributed by atoms with Crippen molar-refractivity contribution in [3.8, 4) is 59.7 Å². The van der Waals surface area contributed by atoms with Crippen LogP contribution in [0.3, 0.4) is 0 Å². The van der Waals surface area contributed by atoms with Crippen molar-refractivity contribution < 1.29 is 47.6 Å². The molecule has 0 aliphatic rings. The van der Waals surface area contributed by atoms with Crippen LogP contribution in [0.15, 0.2) is 24.3 Å². The van der Waals surface area contributed by atoms with E-state index in [1.807, 2.05) is 18.2 Å². The van der Waals surface area contributed by atoms with Gasteiger partial charge in [0.15, 0.2) is 0 Å². The first-order chi connectivity index (χ1) is 13.7. The Balaban J connectivity index is 0. The van der Waals surface area contributed by atoms with E-state index in [1.54, 1.807) is 6.08 Å². The number of rotatable bonds is 10. The number of allylic oxidation sites excluding steroid dienone is 4. The standard InChI is InChI=1S/C23H24O4S.Na/c1-2-3-4-5-6-7-8-9-10-11-12-13-14-15-16-17-18-19-20-21-23(24)22-27-28(25)26;/h1,3-4,9-10,23-24H,5-8,15-17,22H2,(H,25,26);/q;+1/p-1/b4-3-,10-9-;/t23-;/m1./s1. The summed E-state index contributed by atoms with van der Waals surface area (Å²) in [6.07, 6.45) is 17.9. The van der Waals surface area contributed by atoms with Gasteiger partial charge in [0.2, 0.25) is 0 Å². The maximum atomic E-state index is 10.1. The van der Waals surface area contributed by atoms with Crippen LogP contribution in [0.5, 0.6) is 0 Å². The molecule has 1 unspecified atom stereocenters. The number of hydrogen-bond acceptors (Lipinski definition) is 4. The summed E-state index contributed by atoms with van der Waals surface area (Å²) < 4.78 is 24.4. The monoisotopic (exact) mass is 418 g/mol. The second-order valence-electron chi connectivity index (χ2n) is 5.26. The molecule has 0 aromatic rings. The molecule has 146 valence electrons. The van der Waals surface area contributed by atoms with Crippen molar-refractivity contribution in [1.29, 1.82) is 0 Å². The van der Waals surface area contributed by atoms with Crippen LogP contribution >= 0.6 is 0 Å². The molecule has 0 aromatic carbocycles. The molecule has 0 saturated carbocycles. The van der Waals surface area contributed by atoms with E-state index in [9.17, 15) is 13.9 Å². The second kappa shape index (κ2) is 24.3. The Morgan fingerprint density at radius 2 is 1.62 bits per heavy atom. The molecule has 2 atom stereocenters. The Labute approximate surface area is 199 Å². The maximum absolute atomic E-state index is 10.1. The summed E-state index contributed by atoms with van der Waals surface area (Å²) in [7, 11) is 0. The van der Waals surface area contributed by atoms with Crippen molar-refractivity contribution in [2.45, 2.75) is 51.0 Å². The summed E-state index contributed by atoms with van der Waals surface area (Å²) >= 11 is -2.65. The van der Waals surface area contributed by atoms with Crippen LogP contribution in [0.1, 0.15) is 44.9 Å². The number of unbranched alkanes of at least 4 members (excludes halogenated alkanes) is 5. The molecule has 6 heteroatoms. The van der Waals surface area contributed by atoms with E-state index < -0.39 is 24.1 Å². The molecule has 29 heavy (non-hydrogen) atoms. The van der Waals surface area contributed by atoms with Gasteiger partial charge in [0, 0.05) is 12.8 Å². The van der Waals surface area contributed by atoms with E-state index >= 15 is 0 Å². The minimum atomic E-state index is -2.65. The van der Waals surface area contributed by atoms with Crippen LogP contribution in [0.2, 0.25) is 0 Å². The Bertz CT molecular complexity index is 808. The maximum Gasteiger partial charge on any atom is 1.00 e. The summed E-state index contributed by atoms with van der Waals surface area (Å²) in [5.74, 6) is 24.1. The Hall–Kier alpha value is -1.69. The molecule has 0 rings (SSSR count). The molecule has 0 saturated heterocycles. The smallest absolute Gasteiger partial charge is 0.750 e. The van der Waals surface area contributed by atoms with Gasteiger partial charge in [0.25, 0.3) is 0 Å². The molecule has 4 nitrogen and oxygen atoms in total. The molecule has 0 amide bonds. The molecule has 0 fully saturated rings. The number of hydrogen-bond donors (Lipinski definition) is 1. The molecular formula is C23H23NaO4S. The third-order valence-corrected chi connectivity index (χ3v) is 3.27. The van der Waals surface area contributed by atoms with Gasteiger partial charge in [0.05, 0.1) is 11.4 Å². The van der Waals surface area contributed by atoms with Gasteiger partial charge in [-0.2, -0.15) is 0 Å². The number of aliphatic hydroxyl groups excluding tert-OH is 1. The molecule has 0 radical (unpaired) electrons. The predicted molar refractivity (Wildman–Crippen MR) is 111 cm³/mol. The third-order valence-electron chi connectivity index (χ3n) is 2.95.